The van der Waals surface area contributed by atoms with Gasteiger partial charge in [-0.05, 0) is 39.3 Å². The van der Waals surface area contributed by atoms with Gasteiger partial charge in [0, 0.05) is 7.05 Å². The smallest absolute Gasteiger partial charge is 0.353 e. The Labute approximate surface area is 153 Å². The molecule has 0 atom stereocenters. The Hall–Kier alpha value is -2.49. The average molecular weight is 384 g/mol. The highest BCUT2D eigenvalue weighted by Gasteiger charge is 2.31. The molecule has 1 aliphatic heterocycles. The van der Waals surface area contributed by atoms with Crippen LogP contribution < -0.4 is 9.46 Å². The summed E-state index contributed by atoms with van der Waals surface area (Å²) in [6, 6.07) is 4.27. The maximum atomic E-state index is 12.8. The topological polar surface area (TPSA) is 101 Å². The zero-order valence-corrected chi connectivity index (χ0v) is 16.3. The van der Waals surface area contributed by atoms with Crippen molar-refractivity contribution in [1.29, 1.82) is 0 Å². The van der Waals surface area contributed by atoms with Gasteiger partial charge in [0.1, 0.15) is 17.3 Å². The molecule has 1 aromatic carbocycles. The molecule has 1 aromatic rings. The highest BCUT2D eigenvalue weighted by molar-refractivity contribution is 7.90. The molecule has 0 unspecified atom stereocenters. The molecule has 9 nitrogen and oxygen atoms in total. The van der Waals surface area contributed by atoms with Crippen LogP contribution in [0.4, 0.5) is 4.79 Å². The van der Waals surface area contributed by atoms with Crippen LogP contribution in [0.1, 0.15) is 26.3 Å². The number of benzene rings is 1. The summed E-state index contributed by atoms with van der Waals surface area (Å²) >= 11 is 0. The molecule has 1 aliphatic rings. The van der Waals surface area contributed by atoms with Gasteiger partial charge in [-0.15, -0.1) is 5.10 Å². The van der Waals surface area contributed by atoms with Gasteiger partial charge in [0.2, 0.25) is 0 Å². The molecule has 10 heteroatoms. The van der Waals surface area contributed by atoms with Crippen LogP contribution in [0.3, 0.4) is 0 Å². The lowest BCUT2D eigenvalue weighted by atomic mass is 10.2. The molecule has 1 N–H and O–H groups in total. The first-order valence-corrected chi connectivity index (χ1v) is 9.67. The van der Waals surface area contributed by atoms with E-state index in [1.54, 1.807) is 57.8 Å². The molecule has 0 spiro atoms. The van der Waals surface area contributed by atoms with Crippen LogP contribution in [0.2, 0.25) is 0 Å². The van der Waals surface area contributed by atoms with Crippen LogP contribution in [-0.4, -0.2) is 56.8 Å². The fourth-order valence-corrected chi connectivity index (χ4v) is 3.70. The Morgan fingerprint density at radius 2 is 2.08 bits per heavy atom. The van der Waals surface area contributed by atoms with Crippen LogP contribution >= 0.6 is 0 Å². The van der Waals surface area contributed by atoms with E-state index in [0.717, 1.165) is 5.01 Å². The number of amides is 2. The van der Waals surface area contributed by atoms with Gasteiger partial charge < -0.3 is 14.4 Å². The van der Waals surface area contributed by atoms with Gasteiger partial charge in [-0.2, -0.15) is 5.01 Å². The molecule has 26 heavy (non-hydrogen) atoms. The van der Waals surface area contributed by atoms with Crippen molar-refractivity contribution in [2.75, 3.05) is 20.3 Å². The summed E-state index contributed by atoms with van der Waals surface area (Å²) in [4.78, 5) is 13.9. The third-order valence-electron chi connectivity index (χ3n) is 3.42. The molecule has 0 bridgehead atoms. The van der Waals surface area contributed by atoms with Crippen molar-refractivity contribution in [2.24, 2.45) is 5.10 Å². The van der Waals surface area contributed by atoms with Gasteiger partial charge in [0.15, 0.2) is 0 Å². The molecule has 0 aromatic heterocycles. The van der Waals surface area contributed by atoms with E-state index in [2.05, 4.69) is 5.10 Å². The Balaban J connectivity index is 2.26. The van der Waals surface area contributed by atoms with E-state index in [9.17, 15) is 13.2 Å². The molecule has 0 fully saturated rings. The summed E-state index contributed by atoms with van der Waals surface area (Å²) in [7, 11) is -2.46. The molecule has 2 rings (SSSR count). The van der Waals surface area contributed by atoms with Crippen LogP contribution in [0.25, 0.3) is 0 Å². The van der Waals surface area contributed by atoms with Crippen LogP contribution in [0.5, 0.6) is 5.75 Å². The second-order valence-electron chi connectivity index (χ2n) is 6.03. The highest BCUT2D eigenvalue weighted by Crippen LogP contribution is 2.28. The number of hydrogen-bond donors (Lipinski definition) is 1. The quantitative estimate of drug-likeness (QED) is 0.829. The summed E-state index contributed by atoms with van der Waals surface area (Å²) in [5.74, 6) is 0.192. The monoisotopic (exact) mass is 384 g/mol. The van der Waals surface area contributed by atoms with E-state index >= 15 is 0 Å². The summed E-state index contributed by atoms with van der Waals surface area (Å²) in [5, 5.41) is 4.97. The lowest BCUT2D eigenvalue weighted by Crippen LogP contribution is -2.41. The summed E-state index contributed by atoms with van der Waals surface area (Å²) in [6.45, 7) is 7.48. The van der Waals surface area contributed by atoms with E-state index in [0.29, 0.717) is 12.2 Å². The fraction of sp³-hybridized carbons (Fsp3) is 0.500. The van der Waals surface area contributed by atoms with Crippen molar-refractivity contribution >= 4 is 22.1 Å². The third-order valence-corrected chi connectivity index (χ3v) is 4.92. The Kier molecular flexibility index (Phi) is 5.96. The minimum absolute atomic E-state index is 0.0661. The van der Waals surface area contributed by atoms with Gasteiger partial charge in [-0.3, -0.25) is 0 Å². The first-order chi connectivity index (χ1) is 12.2. The van der Waals surface area contributed by atoms with E-state index in [4.69, 9.17) is 9.47 Å². The van der Waals surface area contributed by atoms with Crippen molar-refractivity contribution in [3.05, 3.63) is 23.8 Å². The SMILES string of the molecule is CCOC1=NN(C(=O)NS(=O)(=O)c2c(C)cccc2OC(C)C)CN1C. The number of nitrogens with zero attached hydrogens (tertiary/aromatic N) is 3. The molecule has 0 saturated heterocycles. The number of nitrogens with one attached hydrogen (secondary N) is 1. The van der Waals surface area contributed by atoms with Crippen molar-refractivity contribution in [3.63, 3.8) is 0 Å². The van der Waals surface area contributed by atoms with E-state index < -0.39 is 16.1 Å². The summed E-state index contributed by atoms with van der Waals surface area (Å²) in [6.07, 6.45) is -0.216. The van der Waals surface area contributed by atoms with Gasteiger partial charge in [0.25, 0.3) is 10.0 Å². The number of rotatable bonds is 5. The van der Waals surface area contributed by atoms with Crippen molar-refractivity contribution in [2.45, 2.75) is 38.7 Å². The second-order valence-corrected chi connectivity index (χ2v) is 7.65. The molecule has 0 radical (unpaired) electrons. The average Bonchev–Trinajstić information content (AvgIpc) is 2.87. The maximum Gasteiger partial charge on any atom is 0.353 e. The van der Waals surface area contributed by atoms with E-state index in [-0.39, 0.29) is 29.4 Å². The van der Waals surface area contributed by atoms with Crippen LogP contribution in [-0.2, 0) is 14.8 Å². The highest BCUT2D eigenvalue weighted by atomic mass is 32.2. The zero-order chi connectivity index (χ0) is 19.5. The predicted molar refractivity (Wildman–Crippen MR) is 96.2 cm³/mol. The third kappa shape index (κ3) is 4.37. The number of hydrazone groups is 1. The largest absolute Gasteiger partial charge is 0.490 e. The van der Waals surface area contributed by atoms with Gasteiger partial charge in [0.05, 0.1) is 12.7 Å². The van der Waals surface area contributed by atoms with Crippen molar-refractivity contribution < 1.29 is 22.7 Å². The maximum absolute atomic E-state index is 12.8. The van der Waals surface area contributed by atoms with Crippen LogP contribution in [0.15, 0.2) is 28.2 Å². The van der Waals surface area contributed by atoms with Crippen molar-refractivity contribution in [1.82, 2.24) is 14.6 Å². The second kappa shape index (κ2) is 7.81. The van der Waals surface area contributed by atoms with Crippen molar-refractivity contribution in [3.8, 4) is 5.75 Å². The number of carbonyl (C=O) groups is 1. The van der Waals surface area contributed by atoms with Gasteiger partial charge >= 0.3 is 12.1 Å². The zero-order valence-electron chi connectivity index (χ0n) is 15.5. The molecule has 0 saturated carbocycles. The first-order valence-electron chi connectivity index (χ1n) is 8.18. The molecule has 1 heterocycles. The van der Waals surface area contributed by atoms with Crippen LogP contribution in [0, 0.1) is 6.92 Å². The molecule has 0 aliphatic carbocycles. The minimum atomic E-state index is -4.15. The first kappa shape index (κ1) is 19.8. The predicted octanol–water partition coefficient (Wildman–Crippen LogP) is 1.69. The summed E-state index contributed by atoms with van der Waals surface area (Å²) in [5.41, 5.74) is 0.473. The number of hydrogen-bond acceptors (Lipinski definition) is 7. The lowest BCUT2D eigenvalue weighted by Gasteiger charge is -2.18. The Morgan fingerprint density at radius 3 is 2.69 bits per heavy atom. The molecule has 144 valence electrons. The van der Waals surface area contributed by atoms with E-state index in [1.165, 1.54) is 0 Å². The minimum Gasteiger partial charge on any atom is -0.490 e. The molecule has 2 amide bonds. The lowest BCUT2D eigenvalue weighted by molar-refractivity contribution is 0.197. The number of ether oxygens (including phenoxy) is 2. The van der Waals surface area contributed by atoms with Gasteiger partial charge in [-0.25, -0.2) is 17.9 Å². The normalized spacial score (nSPS) is 14.5. The Bertz CT molecular complexity index is 807. The summed E-state index contributed by atoms with van der Waals surface area (Å²) < 4.78 is 38.5. The van der Waals surface area contributed by atoms with Gasteiger partial charge in [-0.1, -0.05) is 12.1 Å². The standard InChI is InChI=1S/C16H24N4O5S/c1-6-24-16-17-20(10-19(16)5)15(21)18-26(22,23)14-12(4)8-7-9-13(14)25-11(2)3/h7-9,11H,6,10H2,1-5H3,(H,18,21). The number of urea groups is 1. The number of sulfonamides is 1. The van der Waals surface area contributed by atoms with E-state index in [1.807, 2.05) is 4.72 Å². The number of amidine groups is 1. The number of aryl methyl sites for hydroxylation is 1. The fourth-order valence-electron chi connectivity index (χ4n) is 2.39. The molecular weight excluding hydrogens is 360 g/mol. The Morgan fingerprint density at radius 1 is 1.38 bits per heavy atom. The molecular formula is C16H24N4O5S. The number of carbonyl (C=O) groups excluding carboxylic acids is 1.